The Bertz CT molecular complexity index is 469. The van der Waals surface area contributed by atoms with Gasteiger partial charge in [0, 0.05) is 1.37 Å². The van der Waals surface area contributed by atoms with Crippen molar-refractivity contribution in [2.24, 2.45) is 9.98 Å². The standard InChI is InChI=1S/C10H8N4/c1-7-3-10(14-6-12)8(2)4-9(7)13-5-11/h3-4H,1-2H3/i1D. The third-order valence-corrected chi connectivity index (χ3v) is 1.74. The first-order valence-corrected chi connectivity index (χ1v) is 3.85. The maximum atomic E-state index is 8.45. The molecule has 0 N–H and O–H groups in total. The summed E-state index contributed by atoms with van der Waals surface area (Å²) in [6.07, 6.45) is 6.65. The summed E-state index contributed by atoms with van der Waals surface area (Å²) in [6, 6.07) is 0. The van der Waals surface area contributed by atoms with Gasteiger partial charge in [0.05, 0.1) is 11.4 Å². The molecule has 0 heterocycles. The Balaban J connectivity index is 3.21. The molecule has 0 amide bonds. The van der Waals surface area contributed by atoms with Crippen molar-refractivity contribution in [2.45, 2.75) is 13.8 Å². The van der Waals surface area contributed by atoms with Gasteiger partial charge in [-0.1, -0.05) is 0 Å². The molecule has 0 saturated heterocycles. The Morgan fingerprint density at radius 2 is 1.64 bits per heavy atom. The van der Waals surface area contributed by atoms with Gasteiger partial charge in [0.2, 0.25) is 12.4 Å². The fraction of sp³-hybridized carbons (Fsp3) is 0.200. The van der Waals surface area contributed by atoms with Crippen LogP contribution in [0.3, 0.4) is 0 Å². The van der Waals surface area contributed by atoms with Crippen molar-refractivity contribution in [3.8, 4) is 12.4 Å². The molecule has 0 saturated carbocycles. The first-order valence-electron chi connectivity index (χ1n) is 4.56. The summed E-state index contributed by atoms with van der Waals surface area (Å²) in [5, 5.41) is 16.9. The lowest BCUT2D eigenvalue weighted by molar-refractivity contribution is 1.39. The molecule has 4 nitrogen and oxygen atoms in total. The van der Waals surface area contributed by atoms with Crippen LogP contribution in [0.2, 0.25) is 0 Å². The van der Waals surface area contributed by atoms with Crippen LogP contribution >= 0.6 is 0 Å². The molecule has 1 rings (SSSR count). The molecule has 0 fully saturated rings. The summed E-state index contributed by atoms with van der Waals surface area (Å²) in [7, 11) is 0. The smallest absolute Gasteiger partial charge is 0.173 e. The summed E-state index contributed by atoms with van der Waals surface area (Å²) in [5.41, 5.74) is 2.36. The lowest BCUT2D eigenvalue weighted by Gasteiger charge is -2.09. The summed E-state index contributed by atoms with van der Waals surface area (Å²) in [4.78, 5) is 7.21. The molecule has 14 heavy (non-hydrogen) atoms. The lowest BCUT2D eigenvalue weighted by atomic mass is 9.98. The van der Waals surface area contributed by atoms with E-state index in [-0.39, 0.29) is 6.90 Å². The molecular weight excluding hydrogens is 176 g/mol. The summed E-state index contributed by atoms with van der Waals surface area (Å²) in [6.45, 7) is 1.79. The highest BCUT2D eigenvalue weighted by Crippen LogP contribution is 2.13. The van der Waals surface area contributed by atoms with Gasteiger partial charge in [0.25, 0.3) is 0 Å². The second-order valence-electron chi connectivity index (χ2n) is 2.69. The Morgan fingerprint density at radius 3 is 2.14 bits per heavy atom. The highest BCUT2D eigenvalue weighted by atomic mass is 14.8. The Hall–Kier alpha value is -2.20. The zero-order chi connectivity index (χ0) is 11.3. The van der Waals surface area contributed by atoms with Gasteiger partial charge in [-0.05, 0) is 37.1 Å². The summed E-state index contributed by atoms with van der Waals surface area (Å²) in [5.74, 6) is 0. The van der Waals surface area contributed by atoms with E-state index in [9.17, 15) is 0 Å². The molecule has 68 valence electrons. The average molecular weight is 185 g/mol. The predicted molar refractivity (Wildman–Crippen MR) is 53.6 cm³/mol. The Morgan fingerprint density at radius 1 is 1.14 bits per heavy atom. The summed E-state index contributed by atoms with van der Waals surface area (Å²) >= 11 is 0. The molecule has 1 aliphatic rings. The van der Waals surface area contributed by atoms with Crippen LogP contribution in [0, 0.1) is 22.9 Å². The van der Waals surface area contributed by atoms with Crippen LogP contribution in [-0.2, 0) is 0 Å². The molecule has 0 radical (unpaired) electrons. The fourth-order valence-electron chi connectivity index (χ4n) is 1.06. The predicted octanol–water partition coefficient (Wildman–Crippen LogP) is 1.74. The van der Waals surface area contributed by atoms with Crippen molar-refractivity contribution in [1.29, 1.82) is 10.5 Å². The normalized spacial score (nSPS) is 22.1. The molecule has 0 aliphatic heterocycles. The fourth-order valence-corrected chi connectivity index (χ4v) is 1.06. The molecular formula is C10H8N4. The highest BCUT2D eigenvalue weighted by Gasteiger charge is 2.10. The van der Waals surface area contributed by atoms with Crippen LogP contribution in [-0.4, -0.2) is 11.4 Å². The van der Waals surface area contributed by atoms with Crippen molar-refractivity contribution >= 4 is 11.4 Å². The van der Waals surface area contributed by atoms with Gasteiger partial charge < -0.3 is 0 Å². The first-order chi connectivity index (χ1) is 7.22. The number of allylic oxidation sites excluding steroid dienone is 4. The van der Waals surface area contributed by atoms with Gasteiger partial charge >= 0.3 is 0 Å². The second kappa shape index (κ2) is 4.15. The van der Waals surface area contributed by atoms with E-state index < -0.39 is 0 Å². The highest BCUT2D eigenvalue weighted by molar-refractivity contribution is 6.23. The van der Waals surface area contributed by atoms with E-state index in [0.717, 1.165) is 5.57 Å². The van der Waals surface area contributed by atoms with Crippen LogP contribution < -0.4 is 0 Å². The lowest BCUT2D eigenvalue weighted by Crippen LogP contribution is -2.10. The van der Waals surface area contributed by atoms with Crippen molar-refractivity contribution in [2.75, 3.05) is 0 Å². The van der Waals surface area contributed by atoms with Gasteiger partial charge in [-0.2, -0.15) is 20.5 Å². The monoisotopic (exact) mass is 185 g/mol. The minimum absolute atomic E-state index is 0.00867. The maximum absolute atomic E-state index is 8.45. The second-order valence-corrected chi connectivity index (χ2v) is 2.69. The van der Waals surface area contributed by atoms with Gasteiger partial charge in [0.15, 0.2) is 0 Å². The largest absolute Gasteiger partial charge is 0.206 e. The number of nitriles is 2. The van der Waals surface area contributed by atoms with Crippen LogP contribution in [0.1, 0.15) is 15.2 Å². The Kier molecular flexibility index (Phi) is 2.49. The number of aliphatic imine (C=N–C) groups is 2. The van der Waals surface area contributed by atoms with Crippen LogP contribution in [0.15, 0.2) is 33.3 Å². The van der Waals surface area contributed by atoms with Crippen LogP contribution in [0.4, 0.5) is 0 Å². The molecule has 1 aliphatic carbocycles. The van der Waals surface area contributed by atoms with Crippen LogP contribution in [0.25, 0.3) is 0 Å². The van der Waals surface area contributed by atoms with E-state index in [4.69, 9.17) is 11.9 Å². The van der Waals surface area contributed by atoms with E-state index in [0.29, 0.717) is 17.0 Å². The topological polar surface area (TPSA) is 72.3 Å². The van der Waals surface area contributed by atoms with Crippen molar-refractivity contribution < 1.29 is 1.37 Å². The molecule has 4 heteroatoms. The SMILES string of the molecule is [2H]CC1=CC(=NC#N)C(C)=CC1=NC#N. The molecule has 0 bridgehead atoms. The van der Waals surface area contributed by atoms with Gasteiger partial charge in [0.1, 0.15) is 0 Å². The molecule has 0 aromatic carbocycles. The van der Waals surface area contributed by atoms with Gasteiger partial charge in [-0.3, -0.25) is 0 Å². The van der Waals surface area contributed by atoms with Gasteiger partial charge in [-0.25, -0.2) is 0 Å². The number of nitrogens with zero attached hydrogens (tertiary/aromatic N) is 4. The van der Waals surface area contributed by atoms with Crippen molar-refractivity contribution in [1.82, 2.24) is 0 Å². The van der Waals surface area contributed by atoms with Crippen molar-refractivity contribution in [3.05, 3.63) is 23.3 Å². The van der Waals surface area contributed by atoms with E-state index in [1.165, 1.54) is 0 Å². The minimum atomic E-state index is 0.00867. The number of hydrogen-bond acceptors (Lipinski definition) is 4. The summed E-state index contributed by atoms with van der Waals surface area (Å²) < 4.78 is 7.27. The molecule has 0 unspecified atom stereocenters. The van der Waals surface area contributed by atoms with E-state index in [1.54, 1.807) is 31.5 Å². The maximum Gasteiger partial charge on any atom is 0.206 e. The van der Waals surface area contributed by atoms with Crippen molar-refractivity contribution in [3.63, 3.8) is 0 Å². The molecule has 0 aromatic rings. The zero-order valence-corrected chi connectivity index (χ0v) is 7.65. The van der Waals surface area contributed by atoms with Gasteiger partial charge in [-0.15, -0.1) is 0 Å². The Labute approximate surface area is 83.6 Å². The van der Waals surface area contributed by atoms with E-state index >= 15 is 0 Å². The minimum Gasteiger partial charge on any atom is -0.173 e. The average Bonchev–Trinajstić information content (AvgIpc) is 2.22. The van der Waals surface area contributed by atoms with Crippen LogP contribution in [0.5, 0.6) is 0 Å². The molecule has 0 spiro atoms. The van der Waals surface area contributed by atoms with E-state index in [1.807, 2.05) is 0 Å². The third-order valence-electron chi connectivity index (χ3n) is 1.74. The third kappa shape index (κ3) is 1.94. The molecule has 0 atom stereocenters. The molecule has 0 aromatic heterocycles. The number of rotatable bonds is 0. The first kappa shape index (κ1) is 8.40. The quantitative estimate of drug-likeness (QED) is 0.426. The van der Waals surface area contributed by atoms with E-state index in [2.05, 4.69) is 9.98 Å². The zero-order valence-electron chi connectivity index (χ0n) is 8.65. The number of hydrogen-bond donors (Lipinski definition) is 0.